The number of hydrogen-bond acceptors (Lipinski definition) is 1. The Kier molecular flexibility index (Phi) is 7.68. The van der Waals surface area contributed by atoms with Crippen molar-refractivity contribution in [1.29, 1.82) is 0 Å². The molecule has 0 aliphatic heterocycles. The number of nitrogens with zero attached hydrogens (tertiary/aromatic N) is 1. The molecule has 0 aliphatic rings. The van der Waals surface area contributed by atoms with Gasteiger partial charge in [-0.05, 0) is 0 Å². The molecule has 0 radical (unpaired) electrons. The molecule has 1 aromatic heterocycles. The molecule has 76 valence electrons. The molecule has 0 N–H and O–H groups in total. The van der Waals surface area contributed by atoms with Crippen molar-refractivity contribution in [3.05, 3.63) is 35.5 Å². The number of rotatable bonds is 0. The number of aryl methyl sites for hydroxylation is 2. The zero-order chi connectivity index (χ0) is 7.84. The second-order valence-corrected chi connectivity index (χ2v) is 2.84. The van der Waals surface area contributed by atoms with Gasteiger partial charge in [-0.3, -0.25) is 0 Å². The minimum Gasteiger partial charge on any atom is -0.391 e. The average molecular weight is 265 g/mol. The number of benzene rings is 1. The minimum atomic E-state index is 0. The van der Waals surface area contributed by atoms with E-state index in [-0.39, 0.29) is 46.5 Å². The topological polar surface area (TPSA) is 12.9 Å². The predicted molar refractivity (Wildman–Crippen MR) is 61.3 cm³/mol. The van der Waals surface area contributed by atoms with Gasteiger partial charge in [0.1, 0.15) is 0 Å². The third kappa shape index (κ3) is 2.77. The third-order valence-electron chi connectivity index (χ3n) is 2.14. The standard InChI is InChI=1S/C10H10N.2ClH.Ti/c1-7-8(2)11-10-6-4-3-5-9(7)10;;;/h3-6H,1-2H3;2*1H;/q-1;;;. The summed E-state index contributed by atoms with van der Waals surface area (Å²) in [5.41, 5.74) is 3.56. The Morgan fingerprint density at radius 3 is 2.29 bits per heavy atom. The van der Waals surface area contributed by atoms with Gasteiger partial charge in [-0.15, -0.1) is 47.9 Å². The molecule has 1 aromatic carbocycles. The molecule has 1 heterocycles. The van der Waals surface area contributed by atoms with Gasteiger partial charge in [-0.2, -0.15) is 0 Å². The van der Waals surface area contributed by atoms with Crippen LogP contribution in [-0.4, -0.2) is 4.98 Å². The van der Waals surface area contributed by atoms with Crippen LogP contribution in [-0.2, 0) is 21.7 Å². The Balaban J connectivity index is 0. The summed E-state index contributed by atoms with van der Waals surface area (Å²) in [5.74, 6) is 0. The summed E-state index contributed by atoms with van der Waals surface area (Å²) >= 11 is 0. The van der Waals surface area contributed by atoms with E-state index in [1.54, 1.807) is 0 Å². The van der Waals surface area contributed by atoms with E-state index in [1.165, 1.54) is 10.9 Å². The number of hydrogen-bond donors (Lipinski definition) is 0. The molecule has 14 heavy (non-hydrogen) atoms. The molecular formula is C10H12Cl2NTi-. The van der Waals surface area contributed by atoms with Gasteiger partial charge in [-0.25, -0.2) is 0 Å². The van der Waals surface area contributed by atoms with Crippen LogP contribution in [0, 0.1) is 13.8 Å². The molecule has 0 atom stereocenters. The van der Waals surface area contributed by atoms with Crippen molar-refractivity contribution in [2.24, 2.45) is 0 Å². The fourth-order valence-corrected chi connectivity index (χ4v) is 1.35. The van der Waals surface area contributed by atoms with Crippen molar-refractivity contribution in [3.8, 4) is 0 Å². The SMILES string of the molecule is Cc1c2ccccc2n[c-]1C.Cl.Cl.[Ti]. The summed E-state index contributed by atoms with van der Waals surface area (Å²) in [5, 5.41) is 1.28. The van der Waals surface area contributed by atoms with E-state index >= 15 is 0 Å². The number of aromatic nitrogens is 1. The Morgan fingerprint density at radius 2 is 1.71 bits per heavy atom. The van der Waals surface area contributed by atoms with Gasteiger partial charge in [0.25, 0.3) is 0 Å². The smallest absolute Gasteiger partial charge is 0 e. The summed E-state index contributed by atoms with van der Waals surface area (Å²) in [6.45, 7) is 4.17. The number of fused-ring (bicyclic) bond motifs is 1. The van der Waals surface area contributed by atoms with Gasteiger partial charge in [0.15, 0.2) is 0 Å². The van der Waals surface area contributed by atoms with Gasteiger partial charge >= 0.3 is 0 Å². The van der Waals surface area contributed by atoms with E-state index in [2.05, 4.69) is 37.0 Å². The third-order valence-corrected chi connectivity index (χ3v) is 2.14. The van der Waals surface area contributed by atoms with Crippen LogP contribution in [0.15, 0.2) is 24.3 Å². The largest absolute Gasteiger partial charge is 0.391 e. The molecule has 2 aromatic rings. The molecule has 0 saturated heterocycles. The molecule has 0 spiro atoms. The zero-order valence-corrected chi connectivity index (χ0v) is 11.3. The maximum Gasteiger partial charge on any atom is 0 e. The van der Waals surface area contributed by atoms with E-state index in [1.807, 2.05) is 6.07 Å². The van der Waals surface area contributed by atoms with Crippen molar-refractivity contribution in [2.75, 3.05) is 0 Å². The fourth-order valence-electron chi connectivity index (χ4n) is 1.35. The summed E-state index contributed by atoms with van der Waals surface area (Å²) < 4.78 is 0. The van der Waals surface area contributed by atoms with Gasteiger partial charge in [0.05, 0.1) is 0 Å². The molecule has 2 rings (SSSR count). The quantitative estimate of drug-likeness (QED) is 0.525. The minimum absolute atomic E-state index is 0. The van der Waals surface area contributed by atoms with Crippen LogP contribution in [0.2, 0.25) is 0 Å². The Bertz CT molecular complexity index is 398. The molecule has 0 amide bonds. The van der Waals surface area contributed by atoms with E-state index in [4.69, 9.17) is 0 Å². The van der Waals surface area contributed by atoms with Gasteiger partial charge in [-0.1, -0.05) is 37.2 Å². The normalized spacial score (nSPS) is 8.43. The van der Waals surface area contributed by atoms with Gasteiger partial charge < -0.3 is 4.98 Å². The van der Waals surface area contributed by atoms with Crippen LogP contribution >= 0.6 is 24.8 Å². The predicted octanol–water partition coefficient (Wildman–Crippen LogP) is 3.41. The van der Waals surface area contributed by atoms with E-state index in [9.17, 15) is 0 Å². The van der Waals surface area contributed by atoms with E-state index in [0.717, 1.165) is 11.2 Å². The summed E-state index contributed by atoms with van der Waals surface area (Å²) in [4.78, 5) is 4.41. The molecule has 0 aliphatic carbocycles. The van der Waals surface area contributed by atoms with E-state index in [0.29, 0.717) is 0 Å². The van der Waals surface area contributed by atoms with Crippen LogP contribution in [0.4, 0.5) is 0 Å². The van der Waals surface area contributed by atoms with Crippen molar-refractivity contribution in [2.45, 2.75) is 13.8 Å². The Labute approximate surface area is 111 Å². The molecule has 0 bridgehead atoms. The van der Waals surface area contributed by atoms with Crippen molar-refractivity contribution < 1.29 is 21.7 Å². The fraction of sp³-hybridized carbons (Fsp3) is 0.200. The van der Waals surface area contributed by atoms with Gasteiger partial charge in [0.2, 0.25) is 0 Å². The summed E-state index contributed by atoms with van der Waals surface area (Å²) in [7, 11) is 0. The van der Waals surface area contributed by atoms with Crippen LogP contribution in [0.5, 0.6) is 0 Å². The number of para-hydroxylation sites is 1. The molecule has 0 saturated carbocycles. The second kappa shape index (κ2) is 6.52. The molecule has 0 unspecified atom stereocenters. The monoisotopic (exact) mass is 264 g/mol. The van der Waals surface area contributed by atoms with Crippen molar-refractivity contribution in [1.82, 2.24) is 4.98 Å². The molecule has 0 fully saturated rings. The Morgan fingerprint density at radius 1 is 1.14 bits per heavy atom. The maximum absolute atomic E-state index is 4.41. The van der Waals surface area contributed by atoms with Crippen LogP contribution < -0.4 is 0 Å². The van der Waals surface area contributed by atoms with E-state index < -0.39 is 0 Å². The maximum atomic E-state index is 4.41. The molecular weight excluding hydrogens is 253 g/mol. The molecule has 1 nitrogen and oxygen atoms in total. The first-order chi connectivity index (χ1) is 5.29. The summed E-state index contributed by atoms with van der Waals surface area (Å²) in [6.07, 6.45) is 0. The first-order valence-corrected chi connectivity index (χ1v) is 3.77. The second-order valence-electron chi connectivity index (χ2n) is 2.84. The first-order valence-electron chi connectivity index (χ1n) is 3.77. The summed E-state index contributed by atoms with van der Waals surface area (Å²) in [6, 6.07) is 8.24. The number of halogens is 2. The van der Waals surface area contributed by atoms with Crippen LogP contribution in [0.1, 0.15) is 11.3 Å². The van der Waals surface area contributed by atoms with Crippen LogP contribution in [0.3, 0.4) is 0 Å². The zero-order valence-electron chi connectivity index (χ0n) is 8.07. The van der Waals surface area contributed by atoms with Crippen molar-refractivity contribution >= 4 is 35.7 Å². The van der Waals surface area contributed by atoms with Crippen molar-refractivity contribution in [3.63, 3.8) is 0 Å². The first kappa shape index (κ1) is 16.5. The van der Waals surface area contributed by atoms with Gasteiger partial charge in [0, 0.05) is 21.7 Å². The Hall–Kier alpha value is 0.0543. The molecule has 4 heteroatoms. The average Bonchev–Trinajstić information content (AvgIpc) is 2.30. The van der Waals surface area contributed by atoms with Crippen LogP contribution in [0.25, 0.3) is 10.9 Å².